The molecule has 4 nitrogen and oxygen atoms in total. The molecule has 0 spiro atoms. The zero-order valence-corrected chi connectivity index (χ0v) is 14.5. The number of hydrogen-bond acceptors (Lipinski definition) is 3. The molecule has 2 heterocycles. The van der Waals surface area contributed by atoms with E-state index in [4.69, 9.17) is 16.3 Å². The van der Waals surface area contributed by atoms with Gasteiger partial charge in [-0.05, 0) is 17.7 Å². The molecule has 3 aromatic rings. The summed E-state index contributed by atoms with van der Waals surface area (Å²) in [5.74, 6) is -0.0876. The Morgan fingerprint density at radius 2 is 2.00 bits per heavy atom. The molecule has 0 N–H and O–H groups in total. The van der Waals surface area contributed by atoms with Crippen LogP contribution >= 0.6 is 11.6 Å². The average molecular weight is 353 g/mol. The molecule has 25 heavy (non-hydrogen) atoms. The van der Waals surface area contributed by atoms with Crippen molar-refractivity contribution >= 4 is 34.0 Å². The summed E-state index contributed by atoms with van der Waals surface area (Å²) in [6.45, 7) is 0.564. The maximum absolute atomic E-state index is 13.3. The topological polar surface area (TPSA) is 42.4 Å². The van der Waals surface area contributed by atoms with E-state index in [0.29, 0.717) is 18.0 Å². The van der Waals surface area contributed by atoms with Gasteiger partial charge in [0.15, 0.2) is 5.60 Å². The van der Waals surface area contributed by atoms with Crippen molar-refractivity contribution in [3.05, 3.63) is 71.5 Å². The monoisotopic (exact) mass is 352 g/mol. The molecule has 0 saturated carbocycles. The Bertz CT molecular complexity index is 954. The van der Waals surface area contributed by atoms with Crippen LogP contribution in [0.15, 0.2) is 60.9 Å². The molecule has 4 rings (SSSR count). The summed E-state index contributed by atoms with van der Waals surface area (Å²) in [5, 5.41) is 2.60. The largest absolute Gasteiger partial charge is 0.364 e. The molecule has 1 aliphatic heterocycles. The number of hydrogen-bond donors (Lipinski definition) is 0. The summed E-state index contributed by atoms with van der Waals surface area (Å²) in [6.07, 6.45) is 4.11. The highest BCUT2D eigenvalue weighted by Crippen LogP contribution is 2.40. The Balaban J connectivity index is 1.80. The number of aromatic nitrogens is 1. The van der Waals surface area contributed by atoms with Gasteiger partial charge in [-0.25, -0.2) is 0 Å². The molecule has 1 aromatic heterocycles. The Morgan fingerprint density at radius 1 is 1.16 bits per heavy atom. The first-order valence-electron chi connectivity index (χ1n) is 8.11. The van der Waals surface area contributed by atoms with Crippen molar-refractivity contribution in [1.29, 1.82) is 0 Å². The summed E-state index contributed by atoms with van der Waals surface area (Å²) in [7, 11) is 1.57. The third kappa shape index (κ3) is 2.49. The van der Waals surface area contributed by atoms with E-state index in [0.717, 1.165) is 22.0 Å². The van der Waals surface area contributed by atoms with Crippen LogP contribution < -0.4 is 4.90 Å². The normalized spacial score (nSPS) is 20.4. The molecule has 2 aromatic carbocycles. The third-order valence-electron chi connectivity index (χ3n) is 4.86. The van der Waals surface area contributed by atoms with Crippen LogP contribution in [0.5, 0.6) is 0 Å². The zero-order valence-electron chi connectivity index (χ0n) is 13.8. The van der Waals surface area contributed by atoms with Crippen molar-refractivity contribution in [2.75, 3.05) is 18.6 Å². The highest BCUT2D eigenvalue weighted by atomic mass is 35.5. The predicted octanol–water partition coefficient (Wildman–Crippen LogP) is 4.17. The van der Waals surface area contributed by atoms with Crippen molar-refractivity contribution in [2.45, 2.75) is 12.0 Å². The lowest BCUT2D eigenvalue weighted by atomic mass is 9.92. The molecule has 1 saturated heterocycles. The SMILES string of the molecule is COC1(c2cccc(Cl)c2)CCN(c2cncc3ccccc23)C1=O. The molecular formula is C20H17ClN2O2. The van der Waals surface area contributed by atoms with Crippen LogP contribution in [0.1, 0.15) is 12.0 Å². The number of ether oxygens (including phenoxy) is 1. The minimum atomic E-state index is -1.01. The van der Waals surface area contributed by atoms with Crippen molar-refractivity contribution in [1.82, 2.24) is 4.98 Å². The maximum Gasteiger partial charge on any atom is 0.263 e. The Kier molecular flexibility index (Phi) is 3.94. The second kappa shape index (κ2) is 6.14. The number of carbonyl (C=O) groups excluding carboxylic acids is 1. The highest BCUT2D eigenvalue weighted by Gasteiger charge is 2.49. The second-order valence-corrected chi connectivity index (χ2v) is 6.56. The van der Waals surface area contributed by atoms with Crippen LogP contribution in [0.4, 0.5) is 5.69 Å². The lowest BCUT2D eigenvalue weighted by Gasteiger charge is -2.27. The van der Waals surface area contributed by atoms with Crippen LogP contribution in [0, 0.1) is 0 Å². The number of rotatable bonds is 3. The number of pyridine rings is 1. The Labute approximate surface area is 151 Å². The molecule has 1 amide bonds. The Hall–Kier alpha value is -2.43. The molecule has 1 unspecified atom stereocenters. The van der Waals surface area contributed by atoms with E-state index >= 15 is 0 Å². The van der Waals surface area contributed by atoms with E-state index < -0.39 is 5.60 Å². The number of halogens is 1. The quantitative estimate of drug-likeness (QED) is 0.710. The summed E-state index contributed by atoms with van der Waals surface area (Å²) >= 11 is 6.13. The lowest BCUT2D eigenvalue weighted by molar-refractivity contribution is -0.137. The van der Waals surface area contributed by atoms with E-state index in [9.17, 15) is 4.79 Å². The average Bonchev–Trinajstić information content (AvgIpc) is 2.98. The van der Waals surface area contributed by atoms with Gasteiger partial charge in [0.1, 0.15) is 0 Å². The molecule has 0 bridgehead atoms. The molecule has 5 heteroatoms. The minimum absolute atomic E-state index is 0.0876. The summed E-state index contributed by atoms with van der Waals surface area (Å²) in [6, 6.07) is 15.2. The number of nitrogens with zero attached hydrogens (tertiary/aromatic N) is 2. The van der Waals surface area contributed by atoms with E-state index in [1.54, 1.807) is 36.5 Å². The fourth-order valence-electron chi connectivity index (χ4n) is 3.56. The number of amides is 1. The van der Waals surface area contributed by atoms with Crippen LogP contribution in [-0.4, -0.2) is 24.5 Å². The van der Waals surface area contributed by atoms with Crippen molar-refractivity contribution < 1.29 is 9.53 Å². The third-order valence-corrected chi connectivity index (χ3v) is 5.09. The summed E-state index contributed by atoms with van der Waals surface area (Å²) in [4.78, 5) is 19.4. The van der Waals surface area contributed by atoms with E-state index in [2.05, 4.69) is 4.98 Å². The van der Waals surface area contributed by atoms with E-state index in [1.165, 1.54) is 0 Å². The van der Waals surface area contributed by atoms with Gasteiger partial charge in [-0.3, -0.25) is 9.78 Å². The van der Waals surface area contributed by atoms with Gasteiger partial charge in [0.25, 0.3) is 5.91 Å². The van der Waals surface area contributed by atoms with Crippen LogP contribution in [0.2, 0.25) is 5.02 Å². The number of benzene rings is 2. The number of methoxy groups -OCH3 is 1. The Morgan fingerprint density at radius 3 is 2.80 bits per heavy atom. The first kappa shape index (κ1) is 16.1. The predicted molar refractivity (Wildman–Crippen MR) is 98.9 cm³/mol. The van der Waals surface area contributed by atoms with Gasteiger partial charge in [0.05, 0.1) is 11.9 Å². The van der Waals surface area contributed by atoms with Gasteiger partial charge in [0.2, 0.25) is 0 Å². The first-order valence-corrected chi connectivity index (χ1v) is 8.49. The molecule has 126 valence electrons. The first-order chi connectivity index (χ1) is 12.2. The summed E-state index contributed by atoms with van der Waals surface area (Å²) < 4.78 is 5.75. The smallest absolute Gasteiger partial charge is 0.263 e. The van der Waals surface area contributed by atoms with Gasteiger partial charge in [-0.1, -0.05) is 48.0 Å². The summed E-state index contributed by atoms with van der Waals surface area (Å²) in [5.41, 5.74) is 0.578. The van der Waals surface area contributed by atoms with Gasteiger partial charge < -0.3 is 9.64 Å². The number of carbonyl (C=O) groups is 1. The zero-order chi connectivity index (χ0) is 17.4. The second-order valence-electron chi connectivity index (χ2n) is 6.13. The number of fused-ring (bicyclic) bond motifs is 1. The fourth-order valence-corrected chi connectivity index (χ4v) is 3.75. The molecule has 1 fully saturated rings. The van der Waals surface area contributed by atoms with Gasteiger partial charge in [-0.2, -0.15) is 0 Å². The molecule has 0 radical (unpaired) electrons. The van der Waals surface area contributed by atoms with Gasteiger partial charge in [0, 0.05) is 42.1 Å². The van der Waals surface area contributed by atoms with Crippen LogP contribution in [0.3, 0.4) is 0 Å². The fraction of sp³-hybridized carbons (Fsp3) is 0.200. The van der Waals surface area contributed by atoms with Crippen molar-refractivity contribution in [3.63, 3.8) is 0 Å². The van der Waals surface area contributed by atoms with E-state index in [1.807, 2.05) is 36.4 Å². The lowest BCUT2D eigenvalue weighted by Crippen LogP contribution is -2.39. The molecule has 0 aliphatic carbocycles. The minimum Gasteiger partial charge on any atom is -0.364 e. The molecule has 1 aliphatic rings. The molecule has 1 atom stereocenters. The van der Waals surface area contributed by atoms with Gasteiger partial charge >= 0.3 is 0 Å². The van der Waals surface area contributed by atoms with Gasteiger partial charge in [-0.15, -0.1) is 0 Å². The maximum atomic E-state index is 13.3. The van der Waals surface area contributed by atoms with E-state index in [-0.39, 0.29) is 5.91 Å². The van der Waals surface area contributed by atoms with Crippen molar-refractivity contribution in [2.24, 2.45) is 0 Å². The standard InChI is InChI=1S/C20H17ClN2O2/c1-25-20(15-6-4-7-16(21)11-15)9-10-23(19(20)24)18-13-22-12-14-5-2-3-8-17(14)18/h2-8,11-13H,9-10H2,1H3. The van der Waals surface area contributed by atoms with Crippen molar-refractivity contribution in [3.8, 4) is 0 Å². The van der Waals surface area contributed by atoms with Crippen LogP contribution in [-0.2, 0) is 15.1 Å². The highest BCUT2D eigenvalue weighted by molar-refractivity contribution is 6.30. The molecular weight excluding hydrogens is 336 g/mol. The number of anilines is 1. The van der Waals surface area contributed by atoms with Crippen LogP contribution in [0.25, 0.3) is 10.8 Å².